The number of unbranched alkanes of at least 4 members (excludes halogenated alkanes) is 26. The summed E-state index contributed by atoms with van der Waals surface area (Å²) in [5.74, 6) is -0.371. The van der Waals surface area contributed by atoms with Crippen LogP contribution in [0.15, 0.2) is 0 Å². The number of aliphatic hydroxyl groups is 7. The summed E-state index contributed by atoms with van der Waals surface area (Å²) in [4.78, 5) is 13.0. The Morgan fingerprint density at radius 3 is 1.31 bits per heavy atom. The highest BCUT2D eigenvalue weighted by atomic mass is 16.7. The zero-order valence-corrected chi connectivity index (χ0v) is 38.9. The second-order valence-electron chi connectivity index (χ2n) is 18.0. The first kappa shape index (κ1) is 57.1. The Bertz CT molecular complexity index is 1040. The number of esters is 1. The first-order chi connectivity index (χ1) is 30.1. The SMILES string of the molecule is CCCCCCCCCCCCCCCCCC(=O)OC(COCCCCCCCCCCCCCCC)COC1OC(COC2OC(CO)C(O)C(O)C2O)C(O)C(O)C1O. The van der Waals surface area contributed by atoms with E-state index in [-0.39, 0.29) is 25.6 Å². The standard InChI is InChI=1S/C48H92O14/c1-3-5-7-9-11-13-15-17-18-19-21-23-25-27-29-31-40(50)60-37(34-57-32-30-28-26-24-22-20-16-14-12-10-8-6-4-2)35-58-47-46(56)44(54)42(52)39(62-47)36-59-48-45(55)43(53)41(51)38(33-49)61-48/h37-39,41-49,51-56H,3-36H2,1-2H3. The third kappa shape index (κ3) is 25.0. The van der Waals surface area contributed by atoms with Gasteiger partial charge < -0.3 is 64.2 Å². The van der Waals surface area contributed by atoms with Crippen LogP contribution in [0.2, 0.25) is 0 Å². The van der Waals surface area contributed by atoms with Crippen LogP contribution >= 0.6 is 0 Å². The van der Waals surface area contributed by atoms with Crippen molar-refractivity contribution in [2.24, 2.45) is 0 Å². The third-order valence-corrected chi connectivity index (χ3v) is 12.4. The van der Waals surface area contributed by atoms with Gasteiger partial charge in [0, 0.05) is 13.0 Å². The van der Waals surface area contributed by atoms with E-state index in [0.717, 1.165) is 44.9 Å². The molecule has 0 saturated carbocycles. The number of carbonyl (C=O) groups excluding carboxylic acids is 1. The van der Waals surface area contributed by atoms with E-state index in [1.807, 2.05) is 0 Å². The topological polar surface area (TPSA) is 214 Å². The van der Waals surface area contributed by atoms with Crippen molar-refractivity contribution in [3.8, 4) is 0 Å². The predicted octanol–water partition coefficient (Wildman–Crippen LogP) is 6.91. The first-order valence-corrected chi connectivity index (χ1v) is 25.1. The molecule has 0 aliphatic carbocycles. The van der Waals surface area contributed by atoms with E-state index in [0.29, 0.717) is 6.61 Å². The van der Waals surface area contributed by atoms with Gasteiger partial charge in [-0.2, -0.15) is 0 Å². The molecule has 2 aliphatic heterocycles. The molecule has 0 spiro atoms. The van der Waals surface area contributed by atoms with E-state index in [9.17, 15) is 40.5 Å². The lowest BCUT2D eigenvalue weighted by molar-refractivity contribution is -0.332. The average molecular weight is 893 g/mol. The summed E-state index contributed by atoms with van der Waals surface area (Å²) in [6.07, 6.45) is 18.7. The minimum atomic E-state index is -1.70. The average Bonchev–Trinajstić information content (AvgIpc) is 3.27. The lowest BCUT2D eigenvalue weighted by Crippen LogP contribution is -2.61. The maximum atomic E-state index is 13.0. The first-order valence-electron chi connectivity index (χ1n) is 25.1. The van der Waals surface area contributed by atoms with Gasteiger partial charge in [-0.15, -0.1) is 0 Å². The molecular weight excluding hydrogens is 801 g/mol. The Morgan fingerprint density at radius 1 is 0.468 bits per heavy atom. The second kappa shape index (κ2) is 37.1. The van der Waals surface area contributed by atoms with Crippen LogP contribution in [0, 0.1) is 0 Å². The van der Waals surface area contributed by atoms with Crippen molar-refractivity contribution in [3.63, 3.8) is 0 Å². The Hall–Kier alpha value is -1.01. The molecule has 11 unspecified atom stereocenters. The molecule has 2 rings (SSSR count). The molecule has 2 aliphatic rings. The van der Waals surface area contributed by atoms with Crippen molar-refractivity contribution in [3.05, 3.63) is 0 Å². The lowest BCUT2D eigenvalue weighted by Gasteiger charge is -2.42. The van der Waals surface area contributed by atoms with Crippen molar-refractivity contribution in [1.29, 1.82) is 0 Å². The summed E-state index contributed by atoms with van der Waals surface area (Å²) in [5.41, 5.74) is 0. The molecule has 2 saturated heterocycles. The van der Waals surface area contributed by atoms with E-state index >= 15 is 0 Å². The molecule has 0 bridgehead atoms. The Balaban J connectivity index is 1.77. The van der Waals surface area contributed by atoms with Gasteiger partial charge >= 0.3 is 5.97 Å². The van der Waals surface area contributed by atoms with E-state index in [1.165, 1.54) is 135 Å². The van der Waals surface area contributed by atoms with E-state index in [2.05, 4.69) is 13.8 Å². The highest BCUT2D eigenvalue weighted by Crippen LogP contribution is 2.26. The number of rotatable bonds is 40. The quantitative estimate of drug-likeness (QED) is 0.0246. The molecule has 2 fully saturated rings. The highest BCUT2D eigenvalue weighted by molar-refractivity contribution is 5.69. The van der Waals surface area contributed by atoms with Crippen LogP contribution in [-0.2, 0) is 33.2 Å². The van der Waals surface area contributed by atoms with Crippen LogP contribution < -0.4 is 0 Å². The normalized spacial score (nSPS) is 27.1. The molecule has 11 atom stereocenters. The number of aliphatic hydroxyl groups excluding tert-OH is 7. The molecule has 0 radical (unpaired) electrons. The van der Waals surface area contributed by atoms with Crippen molar-refractivity contribution in [1.82, 2.24) is 0 Å². The number of hydrogen-bond donors (Lipinski definition) is 7. The van der Waals surface area contributed by atoms with Gasteiger partial charge in [-0.3, -0.25) is 4.79 Å². The van der Waals surface area contributed by atoms with Gasteiger partial charge in [-0.25, -0.2) is 0 Å². The molecule has 368 valence electrons. The molecule has 0 aromatic carbocycles. The van der Waals surface area contributed by atoms with Gasteiger partial charge in [-0.1, -0.05) is 181 Å². The maximum Gasteiger partial charge on any atom is 0.306 e. The maximum absolute atomic E-state index is 13.0. The fourth-order valence-corrected chi connectivity index (χ4v) is 8.23. The van der Waals surface area contributed by atoms with Crippen LogP contribution in [0.4, 0.5) is 0 Å². The van der Waals surface area contributed by atoms with Crippen molar-refractivity contribution >= 4 is 5.97 Å². The molecule has 14 heteroatoms. The minimum Gasteiger partial charge on any atom is -0.457 e. The van der Waals surface area contributed by atoms with Gasteiger partial charge in [-0.05, 0) is 12.8 Å². The minimum absolute atomic E-state index is 0.0699. The Kier molecular flexibility index (Phi) is 34.2. The lowest BCUT2D eigenvalue weighted by atomic mass is 9.98. The zero-order chi connectivity index (χ0) is 45.2. The largest absolute Gasteiger partial charge is 0.457 e. The number of hydrogen-bond acceptors (Lipinski definition) is 14. The third-order valence-electron chi connectivity index (χ3n) is 12.4. The molecule has 0 aromatic heterocycles. The smallest absolute Gasteiger partial charge is 0.306 e. The highest BCUT2D eigenvalue weighted by Gasteiger charge is 2.47. The molecule has 0 aromatic rings. The van der Waals surface area contributed by atoms with E-state index < -0.39 is 80.7 Å². The second-order valence-corrected chi connectivity index (χ2v) is 18.0. The van der Waals surface area contributed by atoms with E-state index in [4.69, 9.17) is 28.4 Å². The van der Waals surface area contributed by atoms with Crippen LogP contribution in [0.3, 0.4) is 0 Å². The van der Waals surface area contributed by atoms with Gasteiger partial charge in [0.1, 0.15) is 54.9 Å². The fraction of sp³-hybridized carbons (Fsp3) is 0.979. The van der Waals surface area contributed by atoms with Crippen molar-refractivity contribution in [2.45, 2.75) is 268 Å². The fourth-order valence-electron chi connectivity index (χ4n) is 8.23. The Labute approximate surface area is 374 Å². The van der Waals surface area contributed by atoms with Gasteiger partial charge in [0.2, 0.25) is 0 Å². The summed E-state index contributed by atoms with van der Waals surface area (Å²) in [6, 6.07) is 0. The molecule has 14 nitrogen and oxygen atoms in total. The summed E-state index contributed by atoms with van der Waals surface area (Å²) in [5, 5.41) is 72.0. The summed E-state index contributed by atoms with van der Waals surface area (Å²) in [6.45, 7) is 3.72. The molecule has 62 heavy (non-hydrogen) atoms. The van der Waals surface area contributed by atoms with Crippen LogP contribution in [-0.4, -0.2) is 142 Å². The molecular formula is C48H92O14. The molecule has 7 N–H and O–H groups in total. The molecule has 2 heterocycles. The summed E-state index contributed by atoms with van der Waals surface area (Å²) in [7, 11) is 0. The number of ether oxygens (including phenoxy) is 6. The number of carbonyl (C=O) groups is 1. The predicted molar refractivity (Wildman–Crippen MR) is 238 cm³/mol. The summed E-state index contributed by atoms with van der Waals surface area (Å²) < 4.78 is 34.2. The van der Waals surface area contributed by atoms with Gasteiger partial charge in [0.15, 0.2) is 12.6 Å². The Morgan fingerprint density at radius 2 is 0.855 bits per heavy atom. The van der Waals surface area contributed by atoms with Crippen molar-refractivity contribution < 1.29 is 69.0 Å². The molecule has 0 amide bonds. The van der Waals surface area contributed by atoms with Crippen LogP contribution in [0.1, 0.15) is 200 Å². The van der Waals surface area contributed by atoms with E-state index in [1.54, 1.807) is 0 Å². The monoisotopic (exact) mass is 893 g/mol. The van der Waals surface area contributed by atoms with Crippen LogP contribution in [0.5, 0.6) is 0 Å². The van der Waals surface area contributed by atoms with Crippen molar-refractivity contribution in [2.75, 3.05) is 33.0 Å². The van der Waals surface area contributed by atoms with Crippen LogP contribution in [0.25, 0.3) is 0 Å². The summed E-state index contributed by atoms with van der Waals surface area (Å²) >= 11 is 0. The van der Waals surface area contributed by atoms with Gasteiger partial charge in [0.05, 0.1) is 26.4 Å². The zero-order valence-electron chi connectivity index (χ0n) is 38.9. The van der Waals surface area contributed by atoms with Gasteiger partial charge in [0.25, 0.3) is 0 Å².